The minimum Gasteiger partial charge on any atom is -0.347 e. The minimum absolute atomic E-state index is 0.144. The predicted octanol–water partition coefficient (Wildman–Crippen LogP) is 3.22. The van der Waals surface area contributed by atoms with Gasteiger partial charge in [0, 0.05) is 12.1 Å². The lowest BCUT2D eigenvalue weighted by Gasteiger charge is -2.35. The molecule has 1 aliphatic heterocycles. The highest BCUT2D eigenvalue weighted by atomic mass is 16.2. The summed E-state index contributed by atoms with van der Waals surface area (Å²) in [5.41, 5.74) is 1.54. The summed E-state index contributed by atoms with van der Waals surface area (Å²) in [5.74, 6) is -1.10. The van der Waals surface area contributed by atoms with Crippen LogP contribution in [0.25, 0.3) is 10.8 Å². The van der Waals surface area contributed by atoms with Gasteiger partial charge in [0.2, 0.25) is 23.6 Å². The van der Waals surface area contributed by atoms with Gasteiger partial charge in [-0.05, 0) is 46.9 Å². The zero-order valence-electron chi connectivity index (χ0n) is 19.0. The van der Waals surface area contributed by atoms with E-state index in [2.05, 4.69) is 16.0 Å². The van der Waals surface area contributed by atoms with Crippen LogP contribution < -0.4 is 16.0 Å². The van der Waals surface area contributed by atoms with Crippen molar-refractivity contribution < 1.29 is 19.2 Å². The first-order chi connectivity index (χ1) is 16.4. The van der Waals surface area contributed by atoms with Crippen LogP contribution in [-0.4, -0.2) is 30.2 Å². The van der Waals surface area contributed by atoms with E-state index >= 15 is 0 Å². The largest absolute Gasteiger partial charge is 0.347 e. The summed E-state index contributed by atoms with van der Waals surface area (Å²) >= 11 is 0. The minimum atomic E-state index is -0.744. The van der Waals surface area contributed by atoms with E-state index in [1.54, 1.807) is 24.3 Å². The molecule has 0 radical (unpaired) electrons. The molecule has 1 heterocycles. The SMILES string of the molecule is CCC1(c2ccc(NC(=O)CNC(=O)Cc3cccc4ccccc34)cc2)CCC(=O)NC1=O. The Bertz CT molecular complexity index is 1250. The summed E-state index contributed by atoms with van der Waals surface area (Å²) in [7, 11) is 0. The standard InChI is InChI=1S/C27H27N3O4/c1-2-27(15-14-23(31)30-26(27)34)20-10-12-21(13-11-20)29-25(33)17-28-24(32)16-19-8-5-7-18-6-3-4-9-22(18)19/h3-13H,2,14-17H2,1H3,(H,28,32)(H,29,33)(H,30,31,34). The molecule has 1 fully saturated rings. The fourth-order valence-corrected chi connectivity index (χ4v) is 4.50. The monoisotopic (exact) mass is 457 g/mol. The molecular weight excluding hydrogens is 430 g/mol. The number of hydrogen-bond donors (Lipinski definition) is 3. The Balaban J connectivity index is 1.33. The maximum absolute atomic E-state index is 12.5. The fourth-order valence-electron chi connectivity index (χ4n) is 4.50. The van der Waals surface area contributed by atoms with Crippen LogP contribution in [-0.2, 0) is 31.0 Å². The Labute approximate surface area is 197 Å². The molecule has 0 aliphatic carbocycles. The molecule has 0 aromatic heterocycles. The van der Waals surface area contributed by atoms with Crippen LogP contribution in [0.5, 0.6) is 0 Å². The number of hydrogen-bond acceptors (Lipinski definition) is 4. The van der Waals surface area contributed by atoms with E-state index in [1.807, 2.05) is 49.4 Å². The molecule has 7 heteroatoms. The van der Waals surface area contributed by atoms with Gasteiger partial charge in [-0.25, -0.2) is 0 Å². The van der Waals surface area contributed by atoms with Gasteiger partial charge in [0.15, 0.2) is 0 Å². The number of anilines is 1. The van der Waals surface area contributed by atoms with Gasteiger partial charge in [-0.3, -0.25) is 24.5 Å². The Morgan fingerprint density at radius 2 is 1.68 bits per heavy atom. The van der Waals surface area contributed by atoms with E-state index in [9.17, 15) is 19.2 Å². The molecule has 0 bridgehead atoms. The van der Waals surface area contributed by atoms with Crippen LogP contribution in [0.1, 0.15) is 37.3 Å². The van der Waals surface area contributed by atoms with E-state index in [0.29, 0.717) is 24.9 Å². The zero-order valence-corrected chi connectivity index (χ0v) is 19.0. The van der Waals surface area contributed by atoms with Gasteiger partial charge < -0.3 is 10.6 Å². The van der Waals surface area contributed by atoms with Crippen LogP contribution in [0, 0.1) is 0 Å². The molecule has 7 nitrogen and oxygen atoms in total. The smallest absolute Gasteiger partial charge is 0.243 e. The summed E-state index contributed by atoms with van der Waals surface area (Å²) in [6.45, 7) is 1.78. The van der Waals surface area contributed by atoms with E-state index in [4.69, 9.17) is 0 Å². The first kappa shape index (κ1) is 23.2. The third-order valence-electron chi connectivity index (χ3n) is 6.47. The number of benzene rings is 3. The second-order valence-electron chi connectivity index (χ2n) is 8.53. The average Bonchev–Trinajstić information content (AvgIpc) is 2.84. The highest BCUT2D eigenvalue weighted by Crippen LogP contribution is 2.36. The van der Waals surface area contributed by atoms with Crippen molar-refractivity contribution in [2.24, 2.45) is 0 Å². The summed E-state index contributed by atoms with van der Waals surface area (Å²) < 4.78 is 0. The number of rotatable bonds is 7. The van der Waals surface area contributed by atoms with Crippen molar-refractivity contribution in [3.63, 3.8) is 0 Å². The number of piperidine rings is 1. The lowest BCUT2D eigenvalue weighted by atomic mass is 9.72. The van der Waals surface area contributed by atoms with Crippen LogP contribution in [0.15, 0.2) is 66.7 Å². The summed E-state index contributed by atoms with van der Waals surface area (Å²) in [4.78, 5) is 48.8. The normalized spacial score (nSPS) is 17.8. The predicted molar refractivity (Wildman–Crippen MR) is 130 cm³/mol. The zero-order chi connectivity index (χ0) is 24.1. The number of imide groups is 1. The molecule has 34 heavy (non-hydrogen) atoms. The molecule has 174 valence electrons. The van der Waals surface area contributed by atoms with Gasteiger partial charge in [0.25, 0.3) is 0 Å². The third-order valence-corrected chi connectivity index (χ3v) is 6.47. The van der Waals surface area contributed by atoms with Gasteiger partial charge in [0.1, 0.15) is 0 Å². The quantitative estimate of drug-likeness (QED) is 0.474. The van der Waals surface area contributed by atoms with Crippen molar-refractivity contribution in [3.8, 4) is 0 Å². The maximum atomic E-state index is 12.5. The molecule has 3 N–H and O–H groups in total. The fraction of sp³-hybridized carbons (Fsp3) is 0.259. The molecule has 1 unspecified atom stereocenters. The lowest BCUT2D eigenvalue weighted by molar-refractivity contribution is -0.138. The first-order valence-corrected chi connectivity index (χ1v) is 11.4. The molecule has 4 rings (SSSR count). The Hall–Kier alpha value is -4.00. The number of amides is 4. The number of carbonyl (C=O) groups is 4. The van der Waals surface area contributed by atoms with Gasteiger partial charge in [-0.2, -0.15) is 0 Å². The molecule has 0 spiro atoms. The van der Waals surface area contributed by atoms with Gasteiger partial charge in [-0.1, -0.05) is 61.5 Å². The highest BCUT2D eigenvalue weighted by Gasteiger charge is 2.42. The van der Waals surface area contributed by atoms with Crippen LogP contribution >= 0.6 is 0 Å². The van der Waals surface area contributed by atoms with Gasteiger partial charge in [0.05, 0.1) is 18.4 Å². The first-order valence-electron chi connectivity index (χ1n) is 11.4. The van der Waals surface area contributed by atoms with Crippen molar-refractivity contribution in [2.75, 3.05) is 11.9 Å². The number of fused-ring (bicyclic) bond motifs is 1. The van der Waals surface area contributed by atoms with Crippen molar-refractivity contribution in [1.29, 1.82) is 0 Å². The molecule has 4 amide bonds. The Morgan fingerprint density at radius 1 is 0.941 bits per heavy atom. The molecule has 3 aromatic rings. The molecule has 1 saturated heterocycles. The van der Waals surface area contributed by atoms with Crippen molar-refractivity contribution in [3.05, 3.63) is 77.9 Å². The summed E-state index contributed by atoms with van der Waals surface area (Å²) in [6, 6.07) is 20.7. The van der Waals surface area contributed by atoms with E-state index < -0.39 is 5.41 Å². The second-order valence-corrected chi connectivity index (χ2v) is 8.53. The van der Waals surface area contributed by atoms with Crippen molar-refractivity contribution in [1.82, 2.24) is 10.6 Å². The van der Waals surface area contributed by atoms with E-state index in [-0.39, 0.29) is 36.6 Å². The van der Waals surface area contributed by atoms with Gasteiger partial charge in [-0.15, -0.1) is 0 Å². The van der Waals surface area contributed by atoms with Crippen molar-refractivity contribution >= 4 is 40.1 Å². The van der Waals surface area contributed by atoms with Crippen molar-refractivity contribution in [2.45, 2.75) is 38.0 Å². The van der Waals surface area contributed by atoms with E-state index in [0.717, 1.165) is 21.9 Å². The molecule has 3 aromatic carbocycles. The summed E-state index contributed by atoms with van der Waals surface area (Å²) in [5, 5.41) is 9.95. The number of nitrogens with one attached hydrogen (secondary N) is 3. The average molecular weight is 458 g/mol. The Kier molecular flexibility index (Phi) is 6.72. The molecule has 1 aliphatic rings. The van der Waals surface area contributed by atoms with E-state index in [1.165, 1.54) is 0 Å². The third kappa shape index (κ3) is 4.83. The lowest BCUT2D eigenvalue weighted by Crippen LogP contribution is -2.51. The second kappa shape index (κ2) is 9.87. The topological polar surface area (TPSA) is 104 Å². The number of carbonyl (C=O) groups excluding carboxylic acids is 4. The highest BCUT2D eigenvalue weighted by molar-refractivity contribution is 6.03. The summed E-state index contributed by atoms with van der Waals surface area (Å²) in [6.07, 6.45) is 1.52. The Morgan fingerprint density at radius 3 is 2.41 bits per heavy atom. The van der Waals surface area contributed by atoms with Gasteiger partial charge >= 0.3 is 0 Å². The van der Waals surface area contributed by atoms with Crippen LogP contribution in [0.4, 0.5) is 5.69 Å². The molecule has 1 atom stereocenters. The maximum Gasteiger partial charge on any atom is 0.243 e. The molecular formula is C27H27N3O4. The van der Waals surface area contributed by atoms with Crippen LogP contribution in [0.3, 0.4) is 0 Å². The molecule has 0 saturated carbocycles. The van der Waals surface area contributed by atoms with Crippen LogP contribution in [0.2, 0.25) is 0 Å².